The first kappa shape index (κ1) is 12.0. The summed E-state index contributed by atoms with van der Waals surface area (Å²) in [7, 11) is 0. The van der Waals surface area contributed by atoms with E-state index in [1.54, 1.807) is 13.0 Å². The number of nitrogens with one attached hydrogen (secondary N) is 1. The summed E-state index contributed by atoms with van der Waals surface area (Å²) in [5, 5.41) is 16.0. The highest BCUT2D eigenvalue weighted by atomic mass is 16.2. The van der Waals surface area contributed by atoms with Crippen molar-refractivity contribution in [2.75, 3.05) is 0 Å². The van der Waals surface area contributed by atoms with Gasteiger partial charge in [0.05, 0.1) is 6.26 Å². The van der Waals surface area contributed by atoms with E-state index in [2.05, 4.69) is 6.58 Å². The normalized spacial score (nSPS) is 13.9. The smallest absolute Gasteiger partial charge is 0.122 e. The largest absolute Gasteiger partial charge is 0.515 e. The molecule has 0 radical (unpaired) electrons. The molecule has 0 aromatic heterocycles. The van der Waals surface area contributed by atoms with E-state index < -0.39 is 0 Å². The van der Waals surface area contributed by atoms with Crippen LogP contribution >= 0.6 is 0 Å². The Balaban J connectivity index is 5.11. The lowest BCUT2D eigenvalue weighted by molar-refractivity contribution is 0.468. The van der Waals surface area contributed by atoms with Crippen molar-refractivity contribution in [3.05, 3.63) is 47.9 Å². The summed E-state index contributed by atoms with van der Waals surface area (Å²) in [6, 6.07) is 0. The van der Waals surface area contributed by atoms with Crippen LogP contribution in [-0.4, -0.2) is 10.9 Å². The molecule has 0 aliphatic carbocycles. The summed E-state index contributed by atoms with van der Waals surface area (Å²) in [5.41, 5.74) is 12.3. The van der Waals surface area contributed by atoms with Crippen LogP contribution in [0.15, 0.2) is 47.9 Å². The average molecular weight is 193 g/mol. The van der Waals surface area contributed by atoms with Crippen LogP contribution in [0.5, 0.6) is 0 Å². The SMILES string of the molecule is C=C\C(=C/C(=C\N)C(/C)=C/O)C(=N)N. The monoisotopic (exact) mass is 193 g/mol. The first-order valence-electron chi connectivity index (χ1n) is 3.98. The second-order valence-corrected chi connectivity index (χ2v) is 2.65. The van der Waals surface area contributed by atoms with Crippen molar-refractivity contribution in [3.8, 4) is 0 Å². The van der Waals surface area contributed by atoms with Gasteiger partial charge < -0.3 is 16.6 Å². The number of allylic oxidation sites excluding steroid dienone is 3. The maximum atomic E-state index is 8.76. The van der Waals surface area contributed by atoms with Gasteiger partial charge in [-0.2, -0.15) is 0 Å². The molecule has 0 aliphatic rings. The predicted octanol–water partition coefficient (Wildman–Crippen LogP) is 1.34. The molecule has 0 aromatic carbocycles. The van der Waals surface area contributed by atoms with Crippen molar-refractivity contribution in [1.29, 1.82) is 5.41 Å². The van der Waals surface area contributed by atoms with E-state index in [0.717, 1.165) is 6.26 Å². The zero-order chi connectivity index (χ0) is 11.1. The van der Waals surface area contributed by atoms with E-state index in [1.165, 1.54) is 12.3 Å². The molecule has 0 heterocycles. The van der Waals surface area contributed by atoms with Gasteiger partial charge >= 0.3 is 0 Å². The molecule has 6 N–H and O–H groups in total. The van der Waals surface area contributed by atoms with Crippen LogP contribution in [0, 0.1) is 5.41 Å². The maximum Gasteiger partial charge on any atom is 0.122 e. The highest BCUT2D eigenvalue weighted by Crippen LogP contribution is 2.11. The molecule has 0 saturated carbocycles. The zero-order valence-electron chi connectivity index (χ0n) is 8.12. The minimum Gasteiger partial charge on any atom is -0.515 e. The number of aliphatic hydroxyl groups excluding tert-OH is 1. The van der Waals surface area contributed by atoms with Gasteiger partial charge in [0.1, 0.15) is 5.84 Å². The van der Waals surface area contributed by atoms with E-state index in [1.807, 2.05) is 0 Å². The first-order valence-corrected chi connectivity index (χ1v) is 3.98. The molecule has 0 saturated heterocycles. The molecular weight excluding hydrogens is 178 g/mol. The van der Waals surface area contributed by atoms with Crippen molar-refractivity contribution in [2.24, 2.45) is 11.5 Å². The topological polar surface area (TPSA) is 96.1 Å². The van der Waals surface area contributed by atoms with Gasteiger partial charge in [0, 0.05) is 11.8 Å². The van der Waals surface area contributed by atoms with Crippen molar-refractivity contribution in [1.82, 2.24) is 0 Å². The molecule has 0 fully saturated rings. The van der Waals surface area contributed by atoms with E-state index in [4.69, 9.17) is 22.0 Å². The van der Waals surface area contributed by atoms with Gasteiger partial charge in [-0.25, -0.2) is 0 Å². The van der Waals surface area contributed by atoms with Crippen LogP contribution in [0.1, 0.15) is 6.92 Å². The van der Waals surface area contributed by atoms with Crippen LogP contribution in [-0.2, 0) is 0 Å². The van der Waals surface area contributed by atoms with Crippen molar-refractivity contribution < 1.29 is 5.11 Å². The van der Waals surface area contributed by atoms with Gasteiger partial charge in [0.15, 0.2) is 0 Å². The van der Waals surface area contributed by atoms with Gasteiger partial charge in [-0.3, -0.25) is 5.41 Å². The molecule has 0 rings (SSSR count). The average Bonchev–Trinajstić information content (AvgIpc) is 2.18. The van der Waals surface area contributed by atoms with Crippen LogP contribution in [0.25, 0.3) is 0 Å². The third-order valence-electron chi connectivity index (χ3n) is 1.67. The minimum atomic E-state index is -0.0925. The molecule has 0 aliphatic heterocycles. The Morgan fingerprint density at radius 3 is 2.29 bits per heavy atom. The molecule has 14 heavy (non-hydrogen) atoms. The standard InChI is InChI=1S/C10H15N3O/c1-3-8(10(12)13)4-9(5-11)7(2)6-14/h3-6,14H,1,11H2,2H3,(H3,12,13)/b7-6+,8-4+,9-5+. The summed E-state index contributed by atoms with van der Waals surface area (Å²) in [5.74, 6) is -0.0925. The van der Waals surface area contributed by atoms with Crippen LogP contribution in [0.4, 0.5) is 0 Å². The molecule has 0 bridgehead atoms. The van der Waals surface area contributed by atoms with Crippen molar-refractivity contribution in [2.45, 2.75) is 6.92 Å². The fourth-order valence-electron chi connectivity index (χ4n) is 0.782. The highest BCUT2D eigenvalue weighted by molar-refractivity contribution is 5.97. The van der Waals surface area contributed by atoms with Gasteiger partial charge in [-0.1, -0.05) is 12.7 Å². The molecular formula is C10H15N3O. The number of nitrogens with two attached hydrogens (primary N) is 2. The lowest BCUT2D eigenvalue weighted by Gasteiger charge is -2.03. The molecule has 0 unspecified atom stereocenters. The van der Waals surface area contributed by atoms with E-state index in [9.17, 15) is 0 Å². The maximum absolute atomic E-state index is 8.76. The Labute approximate surface area is 83.4 Å². The van der Waals surface area contributed by atoms with Gasteiger partial charge in [0.2, 0.25) is 0 Å². The number of hydrogen-bond donors (Lipinski definition) is 4. The fourth-order valence-corrected chi connectivity index (χ4v) is 0.782. The molecule has 0 spiro atoms. The summed E-state index contributed by atoms with van der Waals surface area (Å²) < 4.78 is 0. The fraction of sp³-hybridized carbons (Fsp3) is 0.100. The highest BCUT2D eigenvalue weighted by Gasteiger charge is 2.00. The third-order valence-corrected chi connectivity index (χ3v) is 1.67. The number of hydrogen-bond acceptors (Lipinski definition) is 3. The van der Waals surface area contributed by atoms with Crippen LogP contribution in [0.2, 0.25) is 0 Å². The lowest BCUT2D eigenvalue weighted by Crippen LogP contribution is -2.11. The van der Waals surface area contributed by atoms with Gasteiger partial charge in [0.25, 0.3) is 0 Å². The Morgan fingerprint density at radius 1 is 1.43 bits per heavy atom. The second-order valence-electron chi connectivity index (χ2n) is 2.65. The number of aliphatic hydroxyl groups is 1. The second kappa shape index (κ2) is 5.64. The number of rotatable bonds is 4. The Bertz CT molecular complexity index is 324. The quantitative estimate of drug-likeness (QED) is 0.235. The summed E-state index contributed by atoms with van der Waals surface area (Å²) in [6.07, 6.45) is 5.30. The Hall–Kier alpha value is -1.97. The zero-order valence-corrected chi connectivity index (χ0v) is 8.12. The van der Waals surface area contributed by atoms with E-state index >= 15 is 0 Å². The molecule has 76 valence electrons. The first-order chi connectivity index (χ1) is 6.56. The van der Waals surface area contributed by atoms with Crippen LogP contribution < -0.4 is 11.5 Å². The molecule has 0 atom stereocenters. The predicted molar refractivity (Wildman–Crippen MR) is 58.9 cm³/mol. The van der Waals surface area contributed by atoms with E-state index in [-0.39, 0.29) is 5.84 Å². The summed E-state index contributed by atoms with van der Waals surface area (Å²) >= 11 is 0. The summed E-state index contributed by atoms with van der Waals surface area (Å²) in [4.78, 5) is 0. The van der Waals surface area contributed by atoms with Crippen molar-refractivity contribution >= 4 is 5.84 Å². The third kappa shape index (κ3) is 3.18. The lowest BCUT2D eigenvalue weighted by atomic mass is 10.1. The Kier molecular flexibility index (Phi) is 4.84. The van der Waals surface area contributed by atoms with Gasteiger partial charge in [-0.15, -0.1) is 0 Å². The molecule has 4 nitrogen and oxygen atoms in total. The van der Waals surface area contributed by atoms with Crippen molar-refractivity contribution in [3.63, 3.8) is 0 Å². The van der Waals surface area contributed by atoms with Crippen LogP contribution in [0.3, 0.4) is 0 Å². The van der Waals surface area contributed by atoms with Gasteiger partial charge in [-0.05, 0) is 24.1 Å². The molecule has 0 aromatic rings. The Morgan fingerprint density at radius 2 is 2.00 bits per heavy atom. The molecule has 4 heteroatoms. The molecule has 0 amide bonds. The minimum absolute atomic E-state index is 0.0925. The summed E-state index contributed by atoms with van der Waals surface area (Å²) in [6.45, 7) is 5.21. The number of amidine groups is 1. The van der Waals surface area contributed by atoms with E-state index in [0.29, 0.717) is 16.7 Å².